The minimum absolute atomic E-state index is 0. The topological polar surface area (TPSA) is 53.0 Å². The summed E-state index contributed by atoms with van der Waals surface area (Å²) >= 11 is 2.91. The van der Waals surface area contributed by atoms with E-state index >= 15 is 0 Å². The normalized spacial score (nSPS) is 10.2. The summed E-state index contributed by atoms with van der Waals surface area (Å²) in [6.45, 7) is 0. The molecule has 6 heteroatoms. The Balaban J connectivity index is 0.00000147. The molecule has 2 aromatic carbocycles. The van der Waals surface area contributed by atoms with Gasteiger partial charge < -0.3 is 9.90 Å². The van der Waals surface area contributed by atoms with Crippen LogP contribution in [0.25, 0.3) is 10.2 Å². The second-order valence-corrected chi connectivity index (χ2v) is 6.15. The zero-order chi connectivity index (χ0) is 13.2. The fourth-order valence-corrected chi connectivity index (χ4v) is 3.86. The van der Waals surface area contributed by atoms with E-state index in [0.717, 1.165) is 14.6 Å². The number of thiazole rings is 1. The molecule has 0 radical (unpaired) electrons. The average Bonchev–Trinajstić information content (AvgIpc) is 2.81. The molecular weight excluding hydrogens is 301 g/mol. The van der Waals surface area contributed by atoms with Gasteiger partial charge in [-0.25, -0.2) is 4.98 Å². The SMILES string of the molecule is O=C([O-])c1ccccc1Sc1nc2ccccc2s1.[Na+]. The van der Waals surface area contributed by atoms with Gasteiger partial charge in [-0.15, -0.1) is 11.3 Å². The number of fused-ring (bicyclic) bond motifs is 1. The van der Waals surface area contributed by atoms with E-state index in [0.29, 0.717) is 4.90 Å². The molecule has 3 aromatic rings. The van der Waals surface area contributed by atoms with Crippen LogP contribution < -0.4 is 34.7 Å². The Morgan fingerprint density at radius 1 is 1.10 bits per heavy atom. The molecule has 0 unspecified atom stereocenters. The number of aromatic carboxylic acids is 1. The number of rotatable bonds is 3. The van der Waals surface area contributed by atoms with E-state index in [4.69, 9.17) is 0 Å². The number of nitrogens with zero attached hydrogens (tertiary/aromatic N) is 1. The molecule has 94 valence electrons. The zero-order valence-corrected chi connectivity index (χ0v) is 14.3. The second kappa shape index (κ2) is 6.74. The van der Waals surface area contributed by atoms with Crippen molar-refractivity contribution in [3.63, 3.8) is 0 Å². The minimum atomic E-state index is -1.16. The molecule has 0 saturated carbocycles. The van der Waals surface area contributed by atoms with Crippen LogP contribution in [0.2, 0.25) is 0 Å². The summed E-state index contributed by atoms with van der Waals surface area (Å²) in [7, 11) is 0. The van der Waals surface area contributed by atoms with Gasteiger partial charge in [0.05, 0.1) is 16.2 Å². The number of carbonyl (C=O) groups excluding carboxylic acids is 1. The molecule has 0 aliphatic rings. The number of carboxylic acids is 1. The van der Waals surface area contributed by atoms with Gasteiger partial charge in [0.2, 0.25) is 0 Å². The van der Waals surface area contributed by atoms with Crippen LogP contribution in [0.3, 0.4) is 0 Å². The van der Waals surface area contributed by atoms with Gasteiger partial charge in [0, 0.05) is 10.5 Å². The largest absolute Gasteiger partial charge is 1.00 e. The third-order valence-electron chi connectivity index (χ3n) is 2.58. The number of aromatic nitrogens is 1. The Labute approximate surface area is 146 Å². The van der Waals surface area contributed by atoms with Crippen molar-refractivity contribution in [2.45, 2.75) is 9.24 Å². The first kappa shape index (κ1) is 15.5. The van der Waals surface area contributed by atoms with Gasteiger partial charge in [0.1, 0.15) is 0 Å². The van der Waals surface area contributed by atoms with E-state index in [2.05, 4.69) is 4.98 Å². The molecule has 0 N–H and O–H groups in total. The van der Waals surface area contributed by atoms with Crippen molar-refractivity contribution in [1.29, 1.82) is 0 Å². The maximum atomic E-state index is 11.0. The van der Waals surface area contributed by atoms with Crippen LogP contribution in [0.5, 0.6) is 0 Å². The van der Waals surface area contributed by atoms with Crippen molar-refractivity contribution in [2.75, 3.05) is 0 Å². The Hall–Kier alpha value is -0.850. The van der Waals surface area contributed by atoms with Gasteiger partial charge in [0.15, 0.2) is 4.34 Å². The van der Waals surface area contributed by atoms with Crippen LogP contribution in [0.15, 0.2) is 57.8 Å². The molecular formula is C14H8NNaO2S2. The predicted octanol–water partition coefficient (Wildman–Crippen LogP) is -0.185. The summed E-state index contributed by atoms with van der Waals surface area (Å²) in [5, 5.41) is 11.0. The van der Waals surface area contributed by atoms with Crippen LogP contribution in [0.4, 0.5) is 0 Å². The van der Waals surface area contributed by atoms with E-state index in [1.165, 1.54) is 11.8 Å². The standard InChI is InChI=1S/C14H9NO2S2.Na/c16-13(17)9-5-1-3-7-11(9)18-14-15-10-6-2-4-8-12(10)19-14;/h1-8H,(H,16,17);/q;+1/p-1. The maximum absolute atomic E-state index is 11.0. The van der Waals surface area contributed by atoms with Crippen molar-refractivity contribution in [1.82, 2.24) is 4.98 Å². The van der Waals surface area contributed by atoms with Crippen LogP contribution in [-0.4, -0.2) is 11.0 Å². The predicted molar refractivity (Wildman–Crippen MR) is 74.5 cm³/mol. The van der Waals surface area contributed by atoms with Gasteiger partial charge in [-0.2, -0.15) is 0 Å². The fraction of sp³-hybridized carbons (Fsp3) is 0. The van der Waals surface area contributed by atoms with Gasteiger partial charge in [0.25, 0.3) is 0 Å². The first-order valence-corrected chi connectivity index (χ1v) is 7.21. The molecule has 0 aliphatic carbocycles. The van der Waals surface area contributed by atoms with Gasteiger partial charge in [-0.05, 0) is 18.2 Å². The summed E-state index contributed by atoms with van der Waals surface area (Å²) in [5.74, 6) is -1.16. The summed E-state index contributed by atoms with van der Waals surface area (Å²) < 4.78 is 1.92. The Morgan fingerprint density at radius 3 is 2.55 bits per heavy atom. The quantitative estimate of drug-likeness (QED) is 0.630. The van der Waals surface area contributed by atoms with Crippen molar-refractivity contribution < 1.29 is 39.5 Å². The summed E-state index contributed by atoms with van der Waals surface area (Å²) in [6, 6.07) is 14.7. The number of carbonyl (C=O) groups is 1. The molecule has 0 bridgehead atoms. The van der Waals surface area contributed by atoms with E-state index in [1.807, 2.05) is 30.3 Å². The van der Waals surface area contributed by atoms with Crippen LogP contribution in [-0.2, 0) is 0 Å². The molecule has 20 heavy (non-hydrogen) atoms. The number of benzene rings is 2. The molecule has 0 fully saturated rings. The van der Waals surface area contributed by atoms with E-state index < -0.39 is 5.97 Å². The Bertz CT molecular complexity index is 725. The van der Waals surface area contributed by atoms with Crippen molar-refractivity contribution in [2.24, 2.45) is 0 Å². The average molecular weight is 309 g/mol. The molecule has 1 aromatic heterocycles. The molecule has 0 atom stereocenters. The van der Waals surface area contributed by atoms with Crippen LogP contribution in [0.1, 0.15) is 10.4 Å². The third kappa shape index (κ3) is 3.24. The third-order valence-corrected chi connectivity index (χ3v) is 4.75. The summed E-state index contributed by atoms with van der Waals surface area (Å²) in [4.78, 5) is 16.2. The second-order valence-electron chi connectivity index (χ2n) is 3.83. The molecule has 3 rings (SSSR count). The zero-order valence-electron chi connectivity index (χ0n) is 10.7. The van der Waals surface area contributed by atoms with E-state index in [9.17, 15) is 9.90 Å². The molecule has 0 spiro atoms. The smallest absolute Gasteiger partial charge is 0.545 e. The monoisotopic (exact) mass is 309 g/mol. The molecule has 0 saturated heterocycles. The van der Waals surface area contributed by atoms with Gasteiger partial charge in [-0.3, -0.25) is 0 Å². The number of carboxylic acid groups (broad SMARTS) is 1. The minimum Gasteiger partial charge on any atom is -0.545 e. The Kier molecular flexibility index (Phi) is 5.23. The summed E-state index contributed by atoms with van der Waals surface area (Å²) in [6.07, 6.45) is 0. The molecule has 1 heterocycles. The first-order chi connectivity index (χ1) is 9.24. The van der Waals surface area contributed by atoms with Crippen molar-refractivity contribution in [3.8, 4) is 0 Å². The number of hydrogen-bond acceptors (Lipinski definition) is 5. The Morgan fingerprint density at radius 2 is 1.80 bits per heavy atom. The maximum Gasteiger partial charge on any atom is 1.00 e. The van der Waals surface area contributed by atoms with Crippen molar-refractivity contribution in [3.05, 3.63) is 54.1 Å². The van der Waals surface area contributed by atoms with E-state index in [-0.39, 0.29) is 35.1 Å². The first-order valence-electron chi connectivity index (χ1n) is 5.58. The van der Waals surface area contributed by atoms with Crippen molar-refractivity contribution >= 4 is 39.3 Å². The van der Waals surface area contributed by atoms with Crippen LogP contribution in [0, 0.1) is 0 Å². The van der Waals surface area contributed by atoms with Gasteiger partial charge in [-0.1, -0.05) is 42.1 Å². The number of para-hydroxylation sites is 1. The molecule has 3 nitrogen and oxygen atoms in total. The van der Waals surface area contributed by atoms with Crippen LogP contribution >= 0.6 is 23.1 Å². The number of hydrogen-bond donors (Lipinski definition) is 0. The van der Waals surface area contributed by atoms with Gasteiger partial charge >= 0.3 is 29.6 Å². The van der Waals surface area contributed by atoms with E-state index in [1.54, 1.807) is 29.5 Å². The fourth-order valence-electron chi connectivity index (χ4n) is 1.71. The molecule has 0 aliphatic heterocycles. The summed E-state index contributed by atoms with van der Waals surface area (Å²) in [5.41, 5.74) is 1.13. The molecule has 0 amide bonds.